The molecule has 0 spiro atoms. The van der Waals surface area contributed by atoms with Crippen LogP contribution < -0.4 is 5.32 Å². The molecule has 0 fully saturated rings. The first-order chi connectivity index (χ1) is 9.49. The monoisotopic (exact) mass is 297 g/mol. The summed E-state index contributed by atoms with van der Waals surface area (Å²) in [6.45, 7) is 0. The fourth-order valence-electron chi connectivity index (χ4n) is 1.98. The SMILES string of the molecule is O=C(O)C1CC=CCC1C(=O)Nc1ncc([N+](=O)[O-])s1. The Balaban J connectivity index is 2.08. The number of nitrogens with zero attached hydrogens (tertiary/aromatic N) is 2. The van der Waals surface area contributed by atoms with E-state index in [0.29, 0.717) is 12.8 Å². The number of amides is 1. The van der Waals surface area contributed by atoms with Crippen LogP contribution >= 0.6 is 11.3 Å². The van der Waals surface area contributed by atoms with Crippen LogP contribution in [-0.2, 0) is 9.59 Å². The zero-order valence-corrected chi connectivity index (χ0v) is 11.0. The Bertz CT molecular complexity index is 582. The third-order valence-corrected chi connectivity index (χ3v) is 3.85. The number of anilines is 1. The van der Waals surface area contributed by atoms with E-state index in [-0.39, 0.29) is 10.1 Å². The van der Waals surface area contributed by atoms with Gasteiger partial charge in [-0.15, -0.1) is 0 Å². The molecule has 1 amide bonds. The molecule has 1 aliphatic rings. The van der Waals surface area contributed by atoms with Gasteiger partial charge >= 0.3 is 11.0 Å². The summed E-state index contributed by atoms with van der Waals surface area (Å²) in [5, 5.41) is 22.0. The molecule has 2 atom stereocenters. The van der Waals surface area contributed by atoms with Crippen LogP contribution in [0.3, 0.4) is 0 Å². The van der Waals surface area contributed by atoms with Crippen molar-refractivity contribution >= 4 is 33.3 Å². The molecule has 1 aliphatic carbocycles. The standard InChI is InChI=1S/C11H11N3O5S/c15-9(6-3-1-2-4-7(6)10(16)17)13-11-12-5-8(20-11)14(18)19/h1-2,5-7H,3-4H2,(H,16,17)(H,12,13,15). The van der Waals surface area contributed by atoms with Gasteiger partial charge in [-0.25, -0.2) is 4.98 Å². The normalized spacial score (nSPS) is 21.4. The van der Waals surface area contributed by atoms with E-state index in [2.05, 4.69) is 10.3 Å². The first-order valence-electron chi connectivity index (χ1n) is 5.78. The number of carboxylic acid groups (broad SMARTS) is 1. The minimum atomic E-state index is -1.03. The van der Waals surface area contributed by atoms with Gasteiger partial charge in [0.2, 0.25) is 5.91 Å². The molecule has 1 aromatic rings. The first-order valence-corrected chi connectivity index (χ1v) is 6.59. The van der Waals surface area contributed by atoms with E-state index in [0.717, 1.165) is 17.5 Å². The van der Waals surface area contributed by atoms with Crippen molar-refractivity contribution in [2.75, 3.05) is 5.32 Å². The van der Waals surface area contributed by atoms with Gasteiger partial charge in [0, 0.05) is 0 Å². The van der Waals surface area contributed by atoms with Crippen molar-refractivity contribution < 1.29 is 19.6 Å². The maximum absolute atomic E-state index is 12.0. The predicted molar refractivity (Wildman–Crippen MR) is 70.4 cm³/mol. The molecule has 20 heavy (non-hydrogen) atoms. The third kappa shape index (κ3) is 2.99. The number of allylic oxidation sites excluding steroid dienone is 2. The molecule has 106 valence electrons. The van der Waals surface area contributed by atoms with Crippen LogP contribution in [0.5, 0.6) is 0 Å². The van der Waals surface area contributed by atoms with Crippen molar-refractivity contribution in [3.63, 3.8) is 0 Å². The predicted octanol–water partition coefficient (Wildman–Crippen LogP) is 1.66. The molecule has 0 bridgehead atoms. The van der Waals surface area contributed by atoms with E-state index in [1.54, 1.807) is 12.2 Å². The molecular weight excluding hydrogens is 286 g/mol. The molecule has 0 saturated carbocycles. The minimum Gasteiger partial charge on any atom is -0.481 e. The largest absolute Gasteiger partial charge is 0.481 e. The summed E-state index contributed by atoms with van der Waals surface area (Å²) in [6.07, 6.45) is 5.17. The molecule has 0 saturated heterocycles. The van der Waals surface area contributed by atoms with Crippen LogP contribution in [0, 0.1) is 22.0 Å². The van der Waals surface area contributed by atoms with Gasteiger partial charge in [0.25, 0.3) is 0 Å². The van der Waals surface area contributed by atoms with E-state index in [4.69, 9.17) is 5.11 Å². The Hall–Kier alpha value is -2.29. The number of aliphatic carboxylic acids is 1. The number of aromatic nitrogens is 1. The highest BCUT2D eigenvalue weighted by atomic mass is 32.1. The van der Waals surface area contributed by atoms with E-state index in [9.17, 15) is 19.7 Å². The molecule has 8 nitrogen and oxygen atoms in total. The van der Waals surface area contributed by atoms with Gasteiger partial charge in [0.05, 0.1) is 16.8 Å². The van der Waals surface area contributed by atoms with Crippen molar-refractivity contribution in [1.29, 1.82) is 0 Å². The van der Waals surface area contributed by atoms with Crippen molar-refractivity contribution in [1.82, 2.24) is 4.98 Å². The summed E-state index contributed by atoms with van der Waals surface area (Å²) in [6, 6.07) is 0. The average Bonchev–Trinajstić information content (AvgIpc) is 2.87. The summed E-state index contributed by atoms with van der Waals surface area (Å²) >= 11 is 0.735. The van der Waals surface area contributed by atoms with E-state index < -0.39 is 28.6 Å². The van der Waals surface area contributed by atoms with Gasteiger partial charge in [-0.1, -0.05) is 12.2 Å². The average molecular weight is 297 g/mol. The Morgan fingerprint density at radius 1 is 1.40 bits per heavy atom. The molecule has 0 aliphatic heterocycles. The highest BCUT2D eigenvalue weighted by Gasteiger charge is 2.34. The fraction of sp³-hybridized carbons (Fsp3) is 0.364. The highest BCUT2D eigenvalue weighted by Crippen LogP contribution is 2.29. The zero-order chi connectivity index (χ0) is 14.7. The van der Waals surface area contributed by atoms with Crippen molar-refractivity contribution in [2.45, 2.75) is 12.8 Å². The van der Waals surface area contributed by atoms with E-state index in [1.165, 1.54) is 0 Å². The lowest BCUT2D eigenvalue weighted by Crippen LogP contribution is -2.34. The third-order valence-electron chi connectivity index (χ3n) is 2.99. The summed E-state index contributed by atoms with van der Waals surface area (Å²) in [7, 11) is 0. The topological polar surface area (TPSA) is 122 Å². The number of nitrogens with one attached hydrogen (secondary N) is 1. The number of nitro groups is 1. The lowest BCUT2D eigenvalue weighted by atomic mass is 9.82. The van der Waals surface area contributed by atoms with Gasteiger partial charge < -0.3 is 10.4 Å². The maximum atomic E-state index is 12.0. The number of carbonyl (C=O) groups is 2. The van der Waals surface area contributed by atoms with Crippen molar-refractivity contribution in [2.24, 2.45) is 11.8 Å². The molecule has 0 radical (unpaired) electrons. The van der Waals surface area contributed by atoms with Crippen LogP contribution in [0.25, 0.3) is 0 Å². The number of hydrogen-bond acceptors (Lipinski definition) is 6. The van der Waals surface area contributed by atoms with Gasteiger partial charge in [-0.2, -0.15) is 0 Å². The van der Waals surface area contributed by atoms with Crippen molar-refractivity contribution in [3.8, 4) is 0 Å². The van der Waals surface area contributed by atoms with Crippen LogP contribution in [0.4, 0.5) is 10.1 Å². The number of carbonyl (C=O) groups excluding carboxylic acids is 1. The lowest BCUT2D eigenvalue weighted by Gasteiger charge is -2.23. The number of rotatable bonds is 4. The van der Waals surface area contributed by atoms with E-state index in [1.807, 2.05) is 0 Å². The van der Waals surface area contributed by atoms with Gasteiger partial charge in [-0.05, 0) is 24.2 Å². The van der Waals surface area contributed by atoms with Gasteiger partial charge in [0.1, 0.15) is 6.20 Å². The molecule has 9 heteroatoms. The Morgan fingerprint density at radius 3 is 2.60 bits per heavy atom. The Kier molecular flexibility index (Phi) is 4.08. The van der Waals surface area contributed by atoms with Crippen LogP contribution in [0.15, 0.2) is 18.3 Å². The van der Waals surface area contributed by atoms with Crippen LogP contribution in [-0.4, -0.2) is 26.9 Å². The molecule has 2 unspecified atom stereocenters. The molecule has 1 aromatic heterocycles. The molecule has 1 heterocycles. The first kappa shape index (κ1) is 14.1. The van der Waals surface area contributed by atoms with Gasteiger partial charge in [-0.3, -0.25) is 19.7 Å². The zero-order valence-electron chi connectivity index (χ0n) is 10.2. The van der Waals surface area contributed by atoms with E-state index >= 15 is 0 Å². The van der Waals surface area contributed by atoms with Crippen LogP contribution in [0.1, 0.15) is 12.8 Å². The number of thiazole rings is 1. The highest BCUT2D eigenvalue weighted by molar-refractivity contribution is 7.18. The smallest absolute Gasteiger partial charge is 0.345 e. The second kappa shape index (κ2) is 5.78. The summed E-state index contributed by atoms with van der Waals surface area (Å²) in [4.78, 5) is 36.8. The minimum absolute atomic E-state index is 0.0976. The summed E-state index contributed by atoms with van der Waals surface area (Å²) in [5.41, 5.74) is 0. The second-order valence-electron chi connectivity index (χ2n) is 4.24. The van der Waals surface area contributed by atoms with Gasteiger partial charge in [0.15, 0.2) is 5.13 Å². The van der Waals surface area contributed by atoms with Crippen molar-refractivity contribution in [3.05, 3.63) is 28.5 Å². The fourth-order valence-corrected chi connectivity index (χ4v) is 2.62. The number of carboxylic acids is 1. The second-order valence-corrected chi connectivity index (χ2v) is 5.25. The maximum Gasteiger partial charge on any atom is 0.345 e. The Labute approximate surface area is 117 Å². The summed E-state index contributed by atoms with van der Waals surface area (Å²) < 4.78 is 0. The molecule has 0 aromatic carbocycles. The quantitative estimate of drug-likeness (QED) is 0.495. The molecule has 2 N–H and O–H groups in total. The number of hydrogen-bond donors (Lipinski definition) is 2. The van der Waals surface area contributed by atoms with Crippen LogP contribution in [0.2, 0.25) is 0 Å². The lowest BCUT2D eigenvalue weighted by molar-refractivity contribution is -0.380. The Morgan fingerprint density at radius 2 is 2.05 bits per heavy atom. The summed E-state index contributed by atoms with van der Waals surface area (Å²) in [5.74, 6) is -2.99. The molecular formula is C11H11N3O5S. The molecule has 2 rings (SSSR count).